The summed E-state index contributed by atoms with van der Waals surface area (Å²) in [5, 5.41) is 10.9. The first-order valence-corrected chi connectivity index (χ1v) is 8.70. The van der Waals surface area contributed by atoms with E-state index in [0.717, 1.165) is 19.4 Å². The van der Waals surface area contributed by atoms with Crippen LogP contribution in [0.2, 0.25) is 0 Å². The first kappa shape index (κ1) is 14.9. The average molecular weight is 305 g/mol. The zero-order valence-corrected chi connectivity index (χ0v) is 12.5. The number of hydrogen-bond acceptors (Lipinski definition) is 5. The van der Waals surface area contributed by atoms with Gasteiger partial charge in [0, 0.05) is 13.2 Å². The van der Waals surface area contributed by atoms with E-state index in [1.54, 1.807) is 12.3 Å². The van der Waals surface area contributed by atoms with Crippen molar-refractivity contribution in [2.75, 3.05) is 13.2 Å². The molecule has 7 heteroatoms. The summed E-state index contributed by atoms with van der Waals surface area (Å²) in [6, 6.07) is 0. The maximum Gasteiger partial charge on any atom is 0.242 e. The Morgan fingerprint density at radius 3 is 3.00 bits per heavy atom. The lowest BCUT2D eigenvalue weighted by molar-refractivity contribution is 0.105. The summed E-state index contributed by atoms with van der Waals surface area (Å²) < 4.78 is 32.5. The van der Waals surface area contributed by atoms with Crippen LogP contribution in [0.25, 0.3) is 0 Å². The van der Waals surface area contributed by atoms with Crippen LogP contribution in [-0.2, 0) is 21.4 Å². The Kier molecular flexibility index (Phi) is 4.97. The molecular formula is C12H19NO4S2. The Balaban J connectivity index is 1.99. The number of hydrogen-bond donors (Lipinski definition) is 2. The van der Waals surface area contributed by atoms with E-state index in [4.69, 9.17) is 4.74 Å². The predicted molar refractivity (Wildman–Crippen MR) is 73.8 cm³/mol. The van der Waals surface area contributed by atoms with Gasteiger partial charge in [-0.3, -0.25) is 0 Å². The first-order valence-electron chi connectivity index (χ1n) is 6.33. The summed E-state index contributed by atoms with van der Waals surface area (Å²) in [6.45, 7) is 2.63. The fourth-order valence-electron chi connectivity index (χ4n) is 2.26. The number of aliphatic hydroxyl groups excluding tert-OH is 1. The van der Waals surface area contributed by atoms with Crippen LogP contribution in [0.3, 0.4) is 0 Å². The van der Waals surface area contributed by atoms with Crippen molar-refractivity contribution in [2.45, 2.75) is 43.8 Å². The molecule has 1 aliphatic heterocycles. The molecule has 0 amide bonds. The monoisotopic (exact) mass is 305 g/mol. The Morgan fingerprint density at radius 1 is 1.58 bits per heavy atom. The van der Waals surface area contributed by atoms with Gasteiger partial charge in [-0.05, 0) is 37.1 Å². The summed E-state index contributed by atoms with van der Waals surface area (Å²) in [4.78, 5) is 0.717. The molecule has 0 aromatic carbocycles. The van der Waals surface area contributed by atoms with Crippen molar-refractivity contribution in [1.29, 1.82) is 0 Å². The fourth-order valence-corrected chi connectivity index (χ4v) is 4.96. The quantitative estimate of drug-likeness (QED) is 0.833. The topological polar surface area (TPSA) is 75.6 Å². The van der Waals surface area contributed by atoms with E-state index in [0.29, 0.717) is 23.4 Å². The van der Waals surface area contributed by atoms with Gasteiger partial charge in [0.1, 0.15) is 4.90 Å². The van der Waals surface area contributed by atoms with Gasteiger partial charge in [0.2, 0.25) is 10.0 Å². The molecule has 1 aliphatic rings. The van der Waals surface area contributed by atoms with Crippen molar-refractivity contribution in [3.05, 3.63) is 15.8 Å². The number of aryl methyl sites for hydroxylation is 1. The van der Waals surface area contributed by atoms with Crippen molar-refractivity contribution in [2.24, 2.45) is 0 Å². The molecule has 19 heavy (non-hydrogen) atoms. The summed E-state index contributed by atoms with van der Waals surface area (Å²) in [6.07, 6.45) is 2.91. The molecule has 1 saturated heterocycles. The molecule has 2 heterocycles. The van der Waals surface area contributed by atoms with Gasteiger partial charge < -0.3 is 9.84 Å². The number of ether oxygens (including phenoxy) is 1. The van der Waals surface area contributed by atoms with E-state index < -0.39 is 10.0 Å². The van der Waals surface area contributed by atoms with Gasteiger partial charge in [0.25, 0.3) is 0 Å². The van der Waals surface area contributed by atoms with Gasteiger partial charge in [-0.1, -0.05) is 0 Å². The lowest BCUT2D eigenvalue weighted by Crippen LogP contribution is -2.28. The second-order valence-electron chi connectivity index (χ2n) is 4.65. The third-order valence-electron chi connectivity index (χ3n) is 3.18. The van der Waals surface area contributed by atoms with Crippen LogP contribution in [0.4, 0.5) is 0 Å². The molecule has 5 nitrogen and oxygen atoms in total. The molecule has 2 rings (SSSR count). The van der Waals surface area contributed by atoms with E-state index in [1.165, 1.54) is 11.3 Å². The van der Waals surface area contributed by atoms with Gasteiger partial charge in [-0.25, -0.2) is 13.1 Å². The van der Waals surface area contributed by atoms with Crippen molar-refractivity contribution >= 4 is 21.4 Å². The highest BCUT2D eigenvalue weighted by Crippen LogP contribution is 2.26. The second-order valence-corrected chi connectivity index (χ2v) is 7.32. The predicted octanol–water partition coefficient (Wildman–Crippen LogP) is 1.40. The van der Waals surface area contributed by atoms with E-state index in [-0.39, 0.29) is 17.6 Å². The summed E-state index contributed by atoms with van der Waals surface area (Å²) in [7, 11) is -3.54. The van der Waals surface area contributed by atoms with Gasteiger partial charge in [-0.15, -0.1) is 11.3 Å². The molecule has 2 N–H and O–H groups in total. The van der Waals surface area contributed by atoms with Gasteiger partial charge >= 0.3 is 0 Å². The number of thiophene rings is 1. The zero-order valence-electron chi connectivity index (χ0n) is 10.9. The normalized spacial score (nSPS) is 20.0. The SMILES string of the molecule is Cc1csc(CO)c1S(=O)(=O)NCCC1CCCO1. The maximum absolute atomic E-state index is 12.2. The molecule has 0 aliphatic carbocycles. The van der Waals surface area contributed by atoms with Gasteiger partial charge in [0.15, 0.2) is 0 Å². The second kappa shape index (κ2) is 6.32. The molecule has 0 spiro atoms. The third kappa shape index (κ3) is 3.55. The first-order chi connectivity index (χ1) is 9.04. The summed E-state index contributed by atoms with van der Waals surface area (Å²) in [5.41, 5.74) is 0.679. The molecule has 1 fully saturated rings. The van der Waals surface area contributed by atoms with Crippen LogP contribution in [0, 0.1) is 6.92 Å². The number of sulfonamides is 1. The lowest BCUT2D eigenvalue weighted by Gasteiger charge is -2.11. The van der Waals surface area contributed by atoms with Crippen molar-refractivity contribution < 1.29 is 18.3 Å². The zero-order chi connectivity index (χ0) is 13.9. The summed E-state index contributed by atoms with van der Waals surface area (Å²) in [5.74, 6) is 0. The summed E-state index contributed by atoms with van der Waals surface area (Å²) >= 11 is 1.27. The minimum Gasteiger partial charge on any atom is -0.391 e. The van der Waals surface area contributed by atoms with E-state index >= 15 is 0 Å². The molecule has 0 saturated carbocycles. The minimum absolute atomic E-state index is 0.170. The van der Waals surface area contributed by atoms with Crippen LogP contribution in [0.5, 0.6) is 0 Å². The smallest absolute Gasteiger partial charge is 0.242 e. The van der Waals surface area contributed by atoms with Crippen LogP contribution in [0.15, 0.2) is 10.3 Å². The van der Waals surface area contributed by atoms with Crippen LogP contribution in [0.1, 0.15) is 29.7 Å². The van der Waals surface area contributed by atoms with Crippen molar-refractivity contribution in [3.8, 4) is 0 Å². The molecule has 1 atom stereocenters. The highest BCUT2D eigenvalue weighted by molar-refractivity contribution is 7.89. The fraction of sp³-hybridized carbons (Fsp3) is 0.667. The Hall–Kier alpha value is -0.470. The van der Waals surface area contributed by atoms with Gasteiger partial charge in [0.05, 0.1) is 17.6 Å². The molecule has 0 bridgehead atoms. The van der Waals surface area contributed by atoms with Gasteiger partial charge in [-0.2, -0.15) is 0 Å². The molecule has 1 unspecified atom stereocenters. The largest absolute Gasteiger partial charge is 0.391 e. The standard InChI is InChI=1S/C12H19NO4S2/c1-9-8-18-11(7-14)12(9)19(15,16)13-5-4-10-3-2-6-17-10/h8,10,13-14H,2-7H2,1H3. The Bertz CT molecular complexity index is 518. The van der Waals surface area contributed by atoms with Crippen molar-refractivity contribution in [3.63, 3.8) is 0 Å². The lowest BCUT2D eigenvalue weighted by atomic mass is 10.2. The Morgan fingerprint density at radius 2 is 2.37 bits per heavy atom. The molecule has 108 valence electrons. The van der Waals surface area contributed by atoms with E-state index in [1.807, 2.05) is 0 Å². The average Bonchev–Trinajstić information content (AvgIpc) is 2.98. The Labute approximate surface area is 117 Å². The highest BCUT2D eigenvalue weighted by Gasteiger charge is 2.23. The van der Waals surface area contributed by atoms with Crippen LogP contribution < -0.4 is 4.72 Å². The third-order valence-corrected chi connectivity index (χ3v) is 6.09. The van der Waals surface area contributed by atoms with Crippen LogP contribution >= 0.6 is 11.3 Å². The number of nitrogens with one attached hydrogen (secondary N) is 1. The maximum atomic E-state index is 12.2. The van der Waals surface area contributed by atoms with Crippen LogP contribution in [-0.4, -0.2) is 32.8 Å². The van der Waals surface area contributed by atoms with Crippen molar-refractivity contribution in [1.82, 2.24) is 4.72 Å². The number of aliphatic hydroxyl groups is 1. The molecule has 1 aromatic rings. The highest BCUT2D eigenvalue weighted by atomic mass is 32.2. The van der Waals surface area contributed by atoms with E-state index in [2.05, 4.69) is 4.72 Å². The molecule has 1 aromatic heterocycles. The molecular weight excluding hydrogens is 286 g/mol. The number of rotatable bonds is 6. The molecule has 0 radical (unpaired) electrons. The van der Waals surface area contributed by atoms with E-state index in [9.17, 15) is 13.5 Å². The minimum atomic E-state index is -3.54.